The number of aryl methyl sites for hydroxylation is 1. The molecule has 0 atom stereocenters. The van der Waals surface area contributed by atoms with Gasteiger partial charge in [0.2, 0.25) is 0 Å². The third-order valence-electron chi connectivity index (χ3n) is 3.34. The second kappa shape index (κ2) is 4.92. The number of halogens is 2. The van der Waals surface area contributed by atoms with Gasteiger partial charge in [0.1, 0.15) is 0 Å². The fraction of sp³-hybridized carbons (Fsp3) is 0.125. The summed E-state index contributed by atoms with van der Waals surface area (Å²) >= 11 is 12.4. The van der Waals surface area contributed by atoms with Crippen LogP contribution in [0.25, 0.3) is 16.6 Å². The normalized spacial score (nSPS) is 11.1. The Morgan fingerprint density at radius 2 is 1.84 bits per heavy atom. The number of hydrogen-bond donors (Lipinski definition) is 0. The van der Waals surface area contributed by atoms with Crippen molar-refractivity contribution < 1.29 is 0 Å². The number of nitrogens with zero attached hydrogens (tertiary/aromatic N) is 1. The molecule has 0 aliphatic rings. The van der Waals surface area contributed by atoms with E-state index in [1.807, 2.05) is 42.5 Å². The largest absolute Gasteiger partial charge is 0.315 e. The summed E-state index contributed by atoms with van der Waals surface area (Å²) in [6.45, 7) is 2.15. The number of rotatable bonds is 2. The van der Waals surface area contributed by atoms with E-state index in [1.54, 1.807) is 0 Å². The number of hydrogen-bond acceptors (Lipinski definition) is 0. The Morgan fingerprint density at radius 1 is 1.05 bits per heavy atom. The molecule has 0 fully saturated rings. The summed E-state index contributed by atoms with van der Waals surface area (Å²) in [4.78, 5) is 0. The molecule has 1 nitrogen and oxygen atoms in total. The number of fused-ring (bicyclic) bond motifs is 1. The summed E-state index contributed by atoms with van der Waals surface area (Å²) in [5, 5.41) is 2.70. The molecule has 1 aromatic heterocycles. The van der Waals surface area contributed by atoms with Gasteiger partial charge in [0.05, 0.1) is 16.2 Å². The van der Waals surface area contributed by atoms with Gasteiger partial charge in [0.25, 0.3) is 0 Å². The van der Waals surface area contributed by atoms with E-state index < -0.39 is 0 Å². The van der Waals surface area contributed by atoms with Gasteiger partial charge in [-0.1, -0.05) is 42.3 Å². The van der Waals surface area contributed by atoms with Crippen LogP contribution in [0.2, 0.25) is 10.0 Å². The lowest BCUT2D eigenvalue weighted by Crippen LogP contribution is -1.92. The first-order valence-electron chi connectivity index (χ1n) is 6.25. The van der Waals surface area contributed by atoms with E-state index in [0.717, 1.165) is 27.7 Å². The first-order chi connectivity index (χ1) is 9.20. The molecule has 0 saturated heterocycles. The highest BCUT2D eigenvalue weighted by molar-refractivity contribution is 6.32. The Labute approximate surface area is 122 Å². The fourth-order valence-electron chi connectivity index (χ4n) is 2.40. The third kappa shape index (κ3) is 2.13. The Morgan fingerprint density at radius 3 is 2.58 bits per heavy atom. The molecule has 3 rings (SSSR count). The van der Waals surface area contributed by atoms with Crippen molar-refractivity contribution in [1.29, 1.82) is 0 Å². The number of benzene rings is 2. The zero-order valence-corrected chi connectivity index (χ0v) is 12.0. The molecule has 0 bridgehead atoms. The Hall–Kier alpha value is -1.44. The minimum absolute atomic E-state index is 0.747. The second-order valence-corrected chi connectivity index (χ2v) is 5.33. The first kappa shape index (κ1) is 12.6. The SMILES string of the molecule is CCc1cn(-c2ccccc2Cl)c2ccc(Cl)cc12. The fourth-order valence-corrected chi connectivity index (χ4v) is 2.80. The lowest BCUT2D eigenvalue weighted by atomic mass is 10.1. The van der Waals surface area contributed by atoms with Gasteiger partial charge in [-0.25, -0.2) is 0 Å². The van der Waals surface area contributed by atoms with E-state index in [2.05, 4.69) is 17.7 Å². The molecule has 0 unspecified atom stereocenters. The quantitative estimate of drug-likeness (QED) is 0.587. The average molecular weight is 290 g/mol. The van der Waals surface area contributed by atoms with Crippen LogP contribution in [0.1, 0.15) is 12.5 Å². The topological polar surface area (TPSA) is 4.93 Å². The molecule has 3 heteroatoms. The molecule has 0 saturated carbocycles. The molecule has 0 radical (unpaired) electrons. The molecule has 96 valence electrons. The smallest absolute Gasteiger partial charge is 0.0646 e. The standard InChI is InChI=1S/C16H13Cl2N/c1-2-11-10-19(16-6-4-3-5-14(16)18)15-8-7-12(17)9-13(11)15/h3-10H,2H2,1H3. The Bertz CT molecular complexity index is 744. The maximum atomic E-state index is 6.30. The van der Waals surface area contributed by atoms with E-state index in [4.69, 9.17) is 23.2 Å². The molecule has 0 aliphatic heterocycles. The molecular formula is C16H13Cl2N. The van der Waals surface area contributed by atoms with Gasteiger partial charge in [-0.3, -0.25) is 0 Å². The van der Waals surface area contributed by atoms with Gasteiger partial charge in [-0.2, -0.15) is 0 Å². The zero-order chi connectivity index (χ0) is 13.4. The highest BCUT2D eigenvalue weighted by Gasteiger charge is 2.10. The Balaban J connectivity index is 2.34. The van der Waals surface area contributed by atoms with Crippen molar-refractivity contribution in [3.63, 3.8) is 0 Å². The maximum absolute atomic E-state index is 6.30. The van der Waals surface area contributed by atoms with Crippen LogP contribution in [0.3, 0.4) is 0 Å². The van der Waals surface area contributed by atoms with Crippen LogP contribution in [0.5, 0.6) is 0 Å². The molecule has 3 aromatic rings. The third-order valence-corrected chi connectivity index (χ3v) is 3.90. The summed E-state index contributed by atoms with van der Waals surface area (Å²) in [6.07, 6.45) is 3.11. The first-order valence-corrected chi connectivity index (χ1v) is 7.00. The average Bonchev–Trinajstić information content (AvgIpc) is 2.77. The van der Waals surface area contributed by atoms with Crippen LogP contribution in [0, 0.1) is 0 Å². The predicted molar refractivity (Wildman–Crippen MR) is 82.7 cm³/mol. The maximum Gasteiger partial charge on any atom is 0.0646 e. The molecule has 0 N–H and O–H groups in total. The van der Waals surface area contributed by atoms with Crippen LogP contribution >= 0.6 is 23.2 Å². The van der Waals surface area contributed by atoms with Crippen molar-refractivity contribution in [1.82, 2.24) is 4.57 Å². The molecule has 0 aliphatic carbocycles. The molecule has 2 aromatic carbocycles. The summed E-state index contributed by atoms with van der Waals surface area (Å²) in [5.41, 5.74) is 3.41. The molecule has 1 heterocycles. The van der Waals surface area contributed by atoms with E-state index in [0.29, 0.717) is 0 Å². The lowest BCUT2D eigenvalue weighted by Gasteiger charge is -2.07. The van der Waals surface area contributed by atoms with Gasteiger partial charge in [-0.05, 0) is 42.3 Å². The van der Waals surface area contributed by atoms with Crippen LogP contribution < -0.4 is 0 Å². The summed E-state index contributed by atoms with van der Waals surface area (Å²) in [7, 11) is 0. The van der Waals surface area contributed by atoms with Gasteiger partial charge in [-0.15, -0.1) is 0 Å². The highest BCUT2D eigenvalue weighted by atomic mass is 35.5. The predicted octanol–water partition coefficient (Wildman–Crippen LogP) is 5.50. The summed E-state index contributed by atoms with van der Waals surface area (Å²) in [6, 6.07) is 13.8. The van der Waals surface area contributed by atoms with Gasteiger partial charge in [0.15, 0.2) is 0 Å². The monoisotopic (exact) mass is 289 g/mol. The molecule has 0 amide bonds. The molecule has 19 heavy (non-hydrogen) atoms. The Kier molecular flexibility index (Phi) is 3.26. The lowest BCUT2D eigenvalue weighted by molar-refractivity contribution is 1.08. The van der Waals surface area contributed by atoms with Crippen molar-refractivity contribution in [2.45, 2.75) is 13.3 Å². The van der Waals surface area contributed by atoms with Gasteiger partial charge in [0, 0.05) is 16.6 Å². The van der Waals surface area contributed by atoms with E-state index in [1.165, 1.54) is 10.9 Å². The van der Waals surface area contributed by atoms with Crippen molar-refractivity contribution >= 4 is 34.1 Å². The van der Waals surface area contributed by atoms with Crippen molar-refractivity contribution in [3.05, 3.63) is 64.3 Å². The van der Waals surface area contributed by atoms with Gasteiger partial charge < -0.3 is 4.57 Å². The van der Waals surface area contributed by atoms with E-state index in [-0.39, 0.29) is 0 Å². The highest BCUT2D eigenvalue weighted by Crippen LogP contribution is 2.30. The van der Waals surface area contributed by atoms with Crippen molar-refractivity contribution in [2.24, 2.45) is 0 Å². The van der Waals surface area contributed by atoms with Gasteiger partial charge >= 0.3 is 0 Å². The van der Waals surface area contributed by atoms with Crippen LogP contribution in [-0.4, -0.2) is 4.57 Å². The number of para-hydroxylation sites is 1. The second-order valence-electron chi connectivity index (χ2n) is 4.49. The summed E-state index contributed by atoms with van der Waals surface area (Å²) < 4.78 is 2.13. The number of aromatic nitrogens is 1. The summed E-state index contributed by atoms with van der Waals surface area (Å²) in [5.74, 6) is 0. The van der Waals surface area contributed by atoms with Crippen molar-refractivity contribution in [3.8, 4) is 5.69 Å². The zero-order valence-electron chi connectivity index (χ0n) is 10.5. The molecule has 0 spiro atoms. The minimum atomic E-state index is 0.747. The van der Waals surface area contributed by atoms with Crippen LogP contribution in [0.15, 0.2) is 48.7 Å². The van der Waals surface area contributed by atoms with Crippen LogP contribution in [0.4, 0.5) is 0 Å². The van der Waals surface area contributed by atoms with E-state index in [9.17, 15) is 0 Å². The minimum Gasteiger partial charge on any atom is -0.315 e. The van der Waals surface area contributed by atoms with E-state index >= 15 is 0 Å². The molecular weight excluding hydrogens is 277 g/mol. The van der Waals surface area contributed by atoms with Crippen LogP contribution in [-0.2, 0) is 6.42 Å². The van der Waals surface area contributed by atoms with Crippen molar-refractivity contribution in [2.75, 3.05) is 0 Å².